The molecule has 112 valence electrons. The van der Waals surface area contributed by atoms with E-state index in [2.05, 4.69) is 0 Å². The minimum absolute atomic E-state index is 0.0642. The van der Waals surface area contributed by atoms with Crippen LogP contribution in [0.2, 0.25) is 0 Å². The van der Waals surface area contributed by atoms with Crippen LogP contribution in [0, 0.1) is 12.7 Å². The van der Waals surface area contributed by atoms with Gasteiger partial charge in [0.15, 0.2) is 0 Å². The molecule has 0 aromatic heterocycles. The van der Waals surface area contributed by atoms with Gasteiger partial charge in [-0.2, -0.15) is 4.31 Å². The summed E-state index contributed by atoms with van der Waals surface area (Å²) in [5.74, 6) is -0.759. The quantitative estimate of drug-likeness (QED) is 0.859. The summed E-state index contributed by atoms with van der Waals surface area (Å²) in [5.41, 5.74) is 6.49. The molecular formula is C13H19FN2O3S. The molecule has 1 heterocycles. The van der Waals surface area contributed by atoms with Gasteiger partial charge in [0.2, 0.25) is 10.0 Å². The first-order valence-electron chi connectivity index (χ1n) is 6.45. The summed E-state index contributed by atoms with van der Waals surface area (Å²) >= 11 is 0. The van der Waals surface area contributed by atoms with Gasteiger partial charge in [-0.15, -0.1) is 0 Å². The molecular weight excluding hydrogens is 283 g/mol. The van der Waals surface area contributed by atoms with Crippen molar-refractivity contribution in [3.63, 3.8) is 0 Å². The second kappa shape index (κ2) is 5.67. The molecule has 2 rings (SSSR count). The molecule has 0 aliphatic carbocycles. The number of methoxy groups -OCH3 is 1. The Morgan fingerprint density at radius 2 is 1.95 bits per heavy atom. The second-order valence-corrected chi connectivity index (χ2v) is 6.88. The first-order valence-corrected chi connectivity index (χ1v) is 7.89. The lowest BCUT2D eigenvalue weighted by molar-refractivity contribution is 0.0604. The first-order chi connectivity index (χ1) is 9.36. The van der Waals surface area contributed by atoms with E-state index in [0.29, 0.717) is 31.5 Å². The maximum Gasteiger partial charge on any atom is 0.246 e. The summed E-state index contributed by atoms with van der Waals surface area (Å²) < 4.78 is 45.3. The summed E-state index contributed by atoms with van der Waals surface area (Å²) in [7, 11) is -2.23. The van der Waals surface area contributed by atoms with E-state index in [4.69, 9.17) is 10.5 Å². The summed E-state index contributed by atoms with van der Waals surface area (Å²) in [4.78, 5) is -0.350. The number of rotatable bonds is 3. The summed E-state index contributed by atoms with van der Waals surface area (Å²) in [5, 5.41) is 0. The zero-order valence-corrected chi connectivity index (χ0v) is 12.4. The third-order valence-corrected chi connectivity index (χ3v) is 5.59. The van der Waals surface area contributed by atoms with Crippen LogP contribution in [0.1, 0.15) is 18.4 Å². The van der Waals surface area contributed by atoms with Gasteiger partial charge in [0.1, 0.15) is 10.7 Å². The molecule has 1 aromatic rings. The van der Waals surface area contributed by atoms with Crippen LogP contribution >= 0.6 is 0 Å². The first kappa shape index (κ1) is 15.2. The molecule has 0 unspecified atom stereocenters. The fraction of sp³-hybridized carbons (Fsp3) is 0.538. The molecule has 0 saturated carbocycles. The van der Waals surface area contributed by atoms with E-state index in [1.807, 2.05) is 0 Å². The smallest absolute Gasteiger partial charge is 0.246 e. The molecule has 0 radical (unpaired) electrons. The predicted octanol–water partition coefficient (Wildman–Crippen LogP) is 1.52. The third kappa shape index (κ3) is 2.79. The van der Waals surface area contributed by atoms with Gasteiger partial charge in [-0.25, -0.2) is 12.8 Å². The lowest BCUT2D eigenvalue weighted by Gasteiger charge is -2.30. The maximum absolute atomic E-state index is 13.9. The highest BCUT2D eigenvalue weighted by Gasteiger charge is 2.31. The van der Waals surface area contributed by atoms with Gasteiger partial charge < -0.3 is 10.5 Å². The molecule has 1 aliphatic heterocycles. The van der Waals surface area contributed by atoms with Gasteiger partial charge in [0.05, 0.1) is 6.10 Å². The predicted molar refractivity (Wildman–Crippen MR) is 74.3 cm³/mol. The van der Waals surface area contributed by atoms with E-state index in [1.165, 1.54) is 10.4 Å². The van der Waals surface area contributed by atoms with E-state index in [-0.39, 0.29) is 16.7 Å². The summed E-state index contributed by atoms with van der Waals surface area (Å²) in [6, 6.07) is 2.35. The lowest BCUT2D eigenvalue weighted by Crippen LogP contribution is -2.40. The van der Waals surface area contributed by atoms with Gasteiger partial charge in [-0.1, -0.05) is 0 Å². The number of hydrogen-bond acceptors (Lipinski definition) is 4. The molecule has 2 N–H and O–H groups in total. The van der Waals surface area contributed by atoms with Crippen molar-refractivity contribution in [1.29, 1.82) is 0 Å². The number of halogens is 1. The average Bonchev–Trinajstić information content (AvgIpc) is 2.42. The van der Waals surface area contributed by atoms with Crippen molar-refractivity contribution in [2.75, 3.05) is 25.9 Å². The number of nitrogens with zero attached hydrogens (tertiary/aromatic N) is 1. The Morgan fingerprint density at radius 1 is 1.35 bits per heavy atom. The highest BCUT2D eigenvalue weighted by molar-refractivity contribution is 7.89. The van der Waals surface area contributed by atoms with Crippen molar-refractivity contribution in [2.24, 2.45) is 0 Å². The number of piperidine rings is 1. The number of ether oxygens (including phenoxy) is 1. The van der Waals surface area contributed by atoms with Crippen LogP contribution in [-0.4, -0.2) is 39.0 Å². The van der Waals surface area contributed by atoms with Crippen molar-refractivity contribution in [3.05, 3.63) is 23.5 Å². The Labute approximate surface area is 118 Å². The van der Waals surface area contributed by atoms with Crippen molar-refractivity contribution in [1.82, 2.24) is 4.31 Å². The Morgan fingerprint density at radius 3 is 2.50 bits per heavy atom. The van der Waals surface area contributed by atoms with Crippen LogP contribution in [-0.2, 0) is 14.8 Å². The monoisotopic (exact) mass is 302 g/mol. The highest BCUT2D eigenvalue weighted by atomic mass is 32.2. The van der Waals surface area contributed by atoms with Gasteiger partial charge in [0.25, 0.3) is 0 Å². The Bertz CT molecular complexity index is 596. The lowest BCUT2D eigenvalue weighted by atomic mass is 10.1. The summed E-state index contributed by atoms with van der Waals surface area (Å²) in [6.07, 6.45) is 1.28. The number of sulfonamides is 1. The number of nitrogen functional groups attached to an aromatic ring is 1. The molecule has 0 amide bonds. The molecule has 1 saturated heterocycles. The van der Waals surface area contributed by atoms with Crippen molar-refractivity contribution in [3.8, 4) is 0 Å². The van der Waals surface area contributed by atoms with E-state index in [9.17, 15) is 12.8 Å². The maximum atomic E-state index is 13.9. The average molecular weight is 302 g/mol. The number of hydrogen-bond donors (Lipinski definition) is 1. The van der Waals surface area contributed by atoms with Crippen LogP contribution < -0.4 is 5.73 Å². The van der Waals surface area contributed by atoms with E-state index in [1.54, 1.807) is 14.0 Å². The molecule has 1 fully saturated rings. The molecule has 20 heavy (non-hydrogen) atoms. The van der Waals surface area contributed by atoms with E-state index < -0.39 is 15.8 Å². The Balaban J connectivity index is 2.30. The number of aryl methyl sites for hydroxylation is 1. The van der Waals surface area contributed by atoms with Gasteiger partial charge >= 0.3 is 0 Å². The van der Waals surface area contributed by atoms with Crippen molar-refractivity contribution >= 4 is 15.7 Å². The number of nitrogens with two attached hydrogens (primary N) is 1. The van der Waals surface area contributed by atoms with Crippen molar-refractivity contribution < 1.29 is 17.5 Å². The van der Waals surface area contributed by atoms with Crippen molar-refractivity contribution in [2.45, 2.75) is 30.8 Å². The fourth-order valence-electron chi connectivity index (χ4n) is 2.31. The van der Waals surface area contributed by atoms with Gasteiger partial charge in [-0.05, 0) is 37.5 Å². The molecule has 0 spiro atoms. The molecule has 1 aliphatic rings. The molecule has 0 bridgehead atoms. The molecule has 0 atom stereocenters. The largest absolute Gasteiger partial charge is 0.398 e. The zero-order valence-electron chi connectivity index (χ0n) is 11.6. The minimum atomic E-state index is -3.84. The van der Waals surface area contributed by atoms with Gasteiger partial charge in [0, 0.05) is 25.9 Å². The highest BCUT2D eigenvalue weighted by Crippen LogP contribution is 2.26. The summed E-state index contributed by atoms with van der Waals surface area (Å²) in [6.45, 7) is 2.29. The van der Waals surface area contributed by atoms with E-state index in [0.717, 1.165) is 6.07 Å². The molecule has 1 aromatic carbocycles. The van der Waals surface area contributed by atoms with Crippen LogP contribution in [0.5, 0.6) is 0 Å². The second-order valence-electron chi connectivity index (χ2n) is 4.98. The van der Waals surface area contributed by atoms with Crippen LogP contribution in [0.25, 0.3) is 0 Å². The Hall–Kier alpha value is -1.18. The Kier molecular flexibility index (Phi) is 4.31. The fourth-order valence-corrected chi connectivity index (χ4v) is 3.86. The SMILES string of the molecule is COC1CCN(S(=O)(=O)c2cc(N)c(C)cc2F)CC1. The van der Waals surface area contributed by atoms with Crippen LogP contribution in [0.4, 0.5) is 10.1 Å². The number of anilines is 1. The standard InChI is InChI=1S/C13H19FN2O3S/c1-9-7-11(14)13(8-12(9)15)20(17,18)16-5-3-10(19-2)4-6-16/h7-8,10H,3-6,15H2,1-2H3. The topological polar surface area (TPSA) is 72.6 Å². The number of benzene rings is 1. The molecule has 5 nitrogen and oxygen atoms in total. The normalized spacial score (nSPS) is 18.4. The minimum Gasteiger partial charge on any atom is -0.398 e. The molecule has 7 heteroatoms. The van der Waals surface area contributed by atoms with Crippen LogP contribution in [0.3, 0.4) is 0 Å². The van der Waals surface area contributed by atoms with Crippen LogP contribution in [0.15, 0.2) is 17.0 Å². The zero-order chi connectivity index (χ0) is 14.9. The van der Waals surface area contributed by atoms with E-state index >= 15 is 0 Å². The van der Waals surface area contributed by atoms with Gasteiger partial charge in [-0.3, -0.25) is 0 Å². The third-order valence-electron chi connectivity index (χ3n) is 3.67.